The van der Waals surface area contributed by atoms with Crippen LogP contribution in [-0.4, -0.2) is 55.1 Å². The van der Waals surface area contributed by atoms with Gasteiger partial charge in [0.25, 0.3) is 0 Å². The van der Waals surface area contributed by atoms with Crippen molar-refractivity contribution in [2.24, 2.45) is 17.8 Å². The van der Waals surface area contributed by atoms with Crippen molar-refractivity contribution in [2.45, 2.75) is 63.3 Å². The molecule has 2 heterocycles. The van der Waals surface area contributed by atoms with Crippen LogP contribution in [0.3, 0.4) is 0 Å². The number of hydrogen-bond donors (Lipinski definition) is 1. The molecule has 1 N–H and O–H groups in total. The number of benzene rings is 1. The lowest BCUT2D eigenvalue weighted by molar-refractivity contribution is -0.129. The third kappa shape index (κ3) is 4.80. The van der Waals surface area contributed by atoms with Gasteiger partial charge < -0.3 is 10.2 Å². The molecule has 7 nitrogen and oxygen atoms in total. The fourth-order valence-corrected chi connectivity index (χ4v) is 7.06. The van der Waals surface area contributed by atoms with Crippen molar-refractivity contribution in [1.82, 2.24) is 9.21 Å². The molecular formula is C23H33N3O4S. The van der Waals surface area contributed by atoms with E-state index in [2.05, 4.69) is 19.2 Å². The molecule has 3 aliphatic rings. The summed E-state index contributed by atoms with van der Waals surface area (Å²) in [4.78, 5) is 27.2. The number of carbonyl (C=O) groups excluding carboxylic acids is 2. The SMILES string of the molecule is CC1CC(C)CN(S(=O)(=O)c2ccc(NC(=O)C3CC(=O)N(C4CCCC4)C3)cc2)C1. The Morgan fingerprint density at radius 3 is 2.23 bits per heavy atom. The van der Waals surface area contributed by atoms with Crippen molar-refractivity contribution in [3.05, 3.63) is 24.3 Å². The van der Waals surface area contributed by atoms with Crippen LogP contribution in [-0.2, 0) is 19.6 Å². The number of piperidine rings is 1. The smallest absolute Gasteiger partial charge is 0.243 e. The third-order valence-electron chi connectivity index (χ3n) is 6.89. The largest absolute Gasteiger partial charge is 0.339 e. The number of hydrogen-bond acceptors (Lipinski definition) is 4. The standard InChI is InChI=1S/C23H33N3O4S/c1-16-11-17(2)14-25(13-16)31(29,30)21-9-7-19(8-10-21)24-23(28)18-12-22(27)26(15-18)20-5-3-4-6-20/h7-10,16-18,20H,3-6,11-15H2,1-2H3,(H,24,28). The molecule has 31 heavy (non-hydrogen) atoms. The van der Waals surface area contributed by atoms with E-state index < -0.39 is 10.0 Å². The van der Waals surface area contributed by atoms with Crippen LogP contribution in [0.25, 0.3) is 0 Å². The molecule has 2 aliphatic heterocycles. The highest BCUT2D eigenvalue weighted by Crippen LogP contribution is 2.30. The summed E-state index contributed by atoms with van der Waals surface area (Å²) in [5.74, 6) is 0.222. The number of anilines is 1. The van der Waals surface area contributed by atoms with Crippen LogP contribution >= 0.6 is 0 Å². The van der Waals surface area contributed by atoms with E-state index in [-0.39, 0.29) is 35.1 Å². The van der Waals surface area contributed by atoms with Crippen LogP contribution in [0.15, 0.2) is 29.2 Å². The van der Waals surface area contributed by atoms with E-state index >= 15 is 0 Å². The van der Waals surface area contributed by atoms with E-state index in [9.17, 15) is 18.0 Å². The molecule has 1 aromatic rings. The molecule has 0 aromatic heterocycles. The van der Waals surface area contributed by atoms with Gasteiger partial charge in [0.15, 0.2) is 0 Å². The van der Waals surface area contributed by atoms with Gasteiger partial charge in [-0.2, -0.15) is 4.31 Å². The van der Waals surface area contributed by atoms with Gasteiger partial charge >= 0.3 is 0 Å². The molecule has 4 rings (SSSR count). The van der Waals surface area contributed by atoms with Crippen molar-refractivity contribution >= 4 is 27.5 Å². The normalized spacial score (nSPS) is 28.3. The molecular weight excluding hydrogens is 414 g/mol. The Morgan fingerprint density at radius 2 is 1.61 bits per heavy atom. The number of nitrogens with zero attached hydrogens (tertiary/aromatic N) is 2. The predicted molar refractivity (Wildman–Crippen MR) is 119 cm³/mol. The lowest BCUT2D eigenvalue weighted by Crippen LogP contribution is -2.42. The highest BCUT2D eigenvalue weighted by molar-refractivity contribution is 7.89. The van der Waals surface area contributed by atoms with E-state index in [1.54, 1.807) is 28.6 Å². The van der Waals surface area contributed by atoms with Gasteiger partial charge in [-0.15, -0.1) is 0 Å². The second-order valence-electron chi connectivity index (χ2n) is 9.67. The molecule has 3 fully saturated rings. The lowest BCUT2D eigenvalue weighted by Gasteiger charge is -2.34. The Morgan fingerprint density at radius 1 is 1.00 bits per heavy atom. The topological polar surface area (TPSA) is 86.8 Å². The van der Waals surface area contributed by atoms with Crippen LogP contribution in [0.4, 0.5) is 5.69 Å². The molecule has 2 amide bonds. The van der Waals surface area contributed by atoms with Crippen molar-refractivity contribution in [1.29, 1.82) is 0 Å². The zero-order valence-corrected chi connectivity index (χ0v) is 19.2. The second kappa shape index (κ2) is 8.90. The fraction of sp³-hybridized carbons (Fsp3) is 0.652. The molecule has 8 heteroatoms. The minimum absolute atomic E-state index is 0.0680. The maximum Gasteiger partial charge on any atom is 0.243 e. The summed E-state index contributed by atoms with van der Waals surface area (Å²) in [5, 5.41) is 2.86. The van der Waals surface area contributed by atoms with Crippen molar-refractivity contribution in [3.63, 3.8) is 0 Å². The fourth-order valence-electron chi connectivity index (χ4n) is 5.38. The Kier molecular flexibility index (Phi) is 6.40. The van der Waals surface area contributed by atoms with E-state index in [1.807, 2.05) is 4.90 Å². The number of nitrogens with one attached hydrogen (secondary N) is 1. The molecule has 1 aliphatic carbocycles. The summed E-state index contributed by atoms with van der Waals surface area (Å²) in [6.45, 7) is 5.72. The second-order valence-corrected chi connectivity index (χ2v) is 11.6. The van der Waals surface area contributed by atoms with E-state index in [0.717, 1.165) is 32.1 Å². The Balaban J connectivity index is 1.38. The van der Waals surface area contributed by atoms with E-state index in [0.29, 0.717) is 37.2 Å². The molecule has 170 valence electrons. The molecule has 0 spiro atoms. The van der Waals surface area contributed by atoms with E-state index in [4.69, 9.17) is 0 Å². The maximum absolute atomic E-state index is 13.0. The number of carbonyl (C=O) groups is 2. The van der Waals surface area contributed by atoms with Gasteiger partial charge in [-0.3, -0.25) is 9.59 Å². The van der Waals surface area contributed by atoms with E-state index in [1.165, 1.54) is 0 Å². The Hall–Kier alpha value is -1.93. The third-order valence-corrected chi connectivity index (χ3v) is 8.74. The number of amides is 2. The summed E-state index contributed by atoms with van der Waals surface area (Å²) in [5.41, 5.74) is 0.552. The number of sulfonamides is 1. The van der Waals surface area contributed by atoms with Gasteiger partial charge in [0, 0.05) is 37.8 Å². The van der Waals surface area contributed by atoms with Gasteiger partial charge in [-0.1, -0.05) is 26.7 Å². The van der Waals surface area contributed by atoms with Gasteiger partial charge in [-0.05, 0) is 55.4 Å². The molecule has 0 bridgehead atoms. The summed E-state index contributed by atoms with van der Waals surface area (Å²) in [7, 11) is -3.54. The zero-order chi connectivity index (χ0) is 22.2. The number of rotatable bonds is 5. The summed E-state index contributed by atoms with van der Waals surface area (Å²) in [6.07, 6.45) is 5.65. The van der Waals surface area contributed by atoms with Gasteiger partial charge in [0.1, 0.15) is 0 Å². The minimum atomic E-state index is -3.54. The average molecular weight is 448 g/mol. The first-order chi connectivity index (χ1) is 14.7. The zero-order valence-electron chi connectivity index (χ0n) is 18.4. The Bertz CT molecular complexity index is 915. The molecule has 3 atom stereocenters. The summed E-state index contributed by atoms with van der Waals surface area (Å²) >= 11 is 0. The monoisotopic (exact) mass is 447 g/mol. The van der Waals surface area contributed by atoms with Gasteiger partial charge in [0.05, 0.1) is 10.8 Å². The Labute approximate surface area is 185 Å². The summed E-state index contributed by atoms with van der Waals surface area (Å²) < 4.78 is 27.6. The first-order valence-corrected chi connectivity index (χ1v) is 12.9. The average Bonchev–Trinajstić information content (AvgIpc) is 3.37. The molecule has 1 aromatic carbocycles. The van der Waals surface area contributed by atoms with Crippen LogP contribution in [0.5, 0.6) is 0 Å². The highest BCUT2D eigenvalue weighted by Gasteiger charge is 2.38. The minimum Gasteiger partial charge on any atom is -0.339 e. The highest BCUT2D eigenvalue weighted by atomic mass is 32.2. The quantitative estimate of drug-likeness (QED) is 0.752. The van der Waals surface area contributed by atoms with Crippen LogP contribution in [0.1, 0.15) is 52.4 Å². The van der Waals surface area contributed by atoms with Crippen LogP contribution in [0, 0.1) is 17.8 Å². The van der Waals surface area contributed by atoms with Gasteiger partial charge in [-0.25, -0.2) is 8.42 Å². The van der Waals surface area contributed by atoms with Crippen molar-refractivity contribution in [2.75, 3.05) is 25.0 Å². The van der Waals surface area contributed by atoms with Gasteiger partial charge in [0.2, 0.25) is 21.8 Å². The molecule has 1 saturated carbocycles. The van der Waals surface area contributed by atoms with Crippen molar-refractivity contribution < 1.29 is 18.0 Å². The first kappa shape index (κ1) is 22.3. The van der Waals surface area contributed by atoms with Crippen LogP contribution < -0.4 is 5.32 Å². The summed E-state index contributed by atoms with van der Waals surface area (Å²) in [6, 6.07) is 6.66. The molecule has 3 unspecified atom stereocenters. The first-order valence-electron chi connectivity index (χ1n) is 11.4. The van der Waals surface area contributed by atoms with Crippen LogP contribution in [0.2, 0.25) is 0 Å². The lowest BCUT2D eigenvalue weighted by atomic mass is 9.94. The molecule has 0 radical (unpaired) electrons. The molecule has 2 saturated heterocycles. The maximum atomic E-state index is 13.0. The predicted octanol–water partition coefficient (Wildman–Crippen LogP) is 3.08. The number of likely N-dealkylation sites (tertiary alicyclic amines) is 1. The van der Waals surface area contributed by atoms with Crippen molar-refractivity contribution in [3.8, 4) is 0 Å².